The minimum absolute atomic E-state index is 0.472. The lowest BCUT2D eigenvalue weighted by atomic mass is 9.90. The maximum absolute atomic E-state index is 5.81. The molecule has 1 aliphatic rings. The molecule has 2 unspecified atom stereocenters. The van der Waals surface area contributed by atoms with Gasteiger partial charge >= 0.3 is 0 Å². The highest BCUT2D eigenvalue weighted by Crippen LogP contribution is 2.36. The van der Waals surface area contributed by atoms with Crippen molar-refractivity contribution < 1.29 is 9.47 Å². The summed E-state index contributed by atoms with van der Waals surface area (Å²) in [6, 6.07) is 8.90. The molecule has 2 atom stereocenters. The Balaban J connectivity index is 2.01. The van der Waals surface area contributed by atoms with Gasteiger partial charge in [0, 0.05) is 31.2 Å². The van der Waals surface area contributed by atoms with Crippen LogP contribution in [0.4, 0.5) is 0 Å². The van der Waals surface area contributed by atoms with Crippen molar-refractivity contribution in [3.63, 3.8) is 0 Å². The summed E-state index contributed by atoms with van der Waals surface area (Å²) in [6.45, 7) is 4.90. The maximum Gasteiger partial charge on any atom is 0.122 e. The topological polar surface area (TPSA) is 30.5 Å². The van der Waals surface area contributed by atoms with E-state index in [0.29, 0.717) is 12.0 Å². The first-order valence-electron chi connectivity index (χ1n) is 7.30. The van der Waals surface area contributed by atoms with Gasteiger partial charge in [-0.25, -0.2) is 0 Å². The summed E-state index contributed by atoms with van der Waals surface area (Å²) in [5.41, 5.74) is 1.36. The largest absolute Gasteiger partial charge is 0.493 e. The van der Waals surface area contributed by atoms with Gasteiger partial charge in [0.2, 0.25) is 0 Å². The average molecular weight is 263 g/mol. The molecule has 19 heavy (non-hydrogen) atoms. The Bertz CT molecular complexity index is 381. The van der Waals surface area contributed by atoms with Crippen LogP contribution in [-0.2, 0) is 4.74 Å². The molecule has 1 aromatic rings. The molecule has 0 fully saturated rings. The molecule has 106 valence electrons. The van der Waals surface area contributed by atoms with E-state index >= 15 is 0 Å². The summed E-state index contributed by atoms with van der Waals surface area (Å²) in [5, 5.41) is 3.68. The smallest absolute Gasteiger partial charge is 0.122 e. The number of para-hydroxylation sites is 1. The Kier molecular flexibility index (Phi) is 5.67. The van der Waals surface area contributed by atoms with E-state index in [-0.39, 0.29) is 0 Å². The Hall–Kier alpha value is -1.06. The van der Waals surface area contributed by atoms with E-state index in [0.717, 1.165) is 44.8 Å². The second-order valence-corrected chi connectivity index (χ2v) is 5.15. The van der Waals surface area contributed by atoms with Gasteiger partial charge in [-0.05, 0) is 31.9 Å². The van der Waals surface area contributed by atoms with Crippen LogP contribution >= 0.6 is 0 Å². The van der Waals surface area contributed by atoms with Crippen molar-refractivity contribution in [3.8, 4) is 5.75 Å². The number of ether oxygens (including phenoxy) is 2. The summed E-state index contributed by atoms with van der Waals surface area (Å²) in [6.07, 6.45) is 3.39. The summed E-state index contributed by atoms with van der Waals surface area (Å²) < 4.78 is 11.0. The molecule has 3 nitrogen and oxygen atoms in total. The lowest BCUT2D eigenvalue weighted by Crippen LogP contribution is -2.36. The highest BCUT2D eigenvalue weighted by Gasteiger charge is 2.30. The van der Waals surface area contributed by atoms with E-state index in [1.165, 1.54) is 5.56 Å². The van der Waals surface area contributed by atoms with Crippen LogP contribution in [0, 0.1) is 0 Å². The third-order valence-electron chi connectivity index (χ3n) is 3.74. The van der Waals surface area contributed by atoms with Gasteiger partial charge < -0.3 is 14.8 Å². The summed E-state index contributed by atoms with van der Waals surface area (Å²) in [5.74, 6) is 1.53. The van der Waals surface area contributed by atoms with Crippen LogP contribution in [0.15, 0.2) is 24.3 Å². The summed E-state index contributed by atoms with van der Waals surface area (Å²) in [4.78, 5) is 0. The van der Waals surface area contributed by atoms with Gasteiger partial charge in [-0.15, -0.1) is 0 Å². The van der Waals surface area contributed by atoms with Crippen molar-refractivity contribution in [2.75, 3.05) is 26.9 Å². The highest BCUT2D eigenvalue weighted by molar-refractivity contribution is 5.40. The van der Waals surface area contributed by atoms with E-state index in [9.17, 15) is 0 Å². The van der Waals surface area contributed by atoms with E-state index in [1.807, 2.05) is 6.07 Å². The fraction of sp³-hybridized carbons (Fsp3) is 0.625. The van der Waals surface area contributed by atoms with Crippen LogP contribution in [0.25, 0.3) is 0 Å². The van der Waals surface area contributed by atoms with Crippen LogP contribution in [-0.4, -0.2) is 32.9 Å². The molecule has 0 saturated heterocycles. The van der Waals surface area contributed by atoms with Crippen molar-refractivity contribution in [2.45, 2.75) is 38.1 Å². The fourth-order valence-corrected chi connectivity index (χ4v) is 2.74. The molecule has 0 radical (unpaired) electrons. The van der Waals surface area contributed by atoms with E-state index in [2.05, 4.69) is 30.4 Å². The third kappa shape index (κ3) is 3.71. The fourth-order valence-electron chi connectivity index (χ4n) is 2.74. The number of rotatable bonds is 8. The molecule has 3 heteroatoms. The quantitative estimate of drug-likeness (QED) is 0.731. The predicted molar refractivity (Wildman–Crippen MR) is 77.9 cm³/mol. The number of nitrogens with one attached hydrogen (secondary N) is 1. The molecule has 0 spiro atoms. The Morgan fingerprint density at radius 3 is 3.05 bits per heavy atom. The normalized spacial score (nSPS) is 18.9. The van der Waals surface area contributed by atoms with E-state index in [1.54, 1.807) is 7.11 Å². The van der Waals surface area contributed by atoms with Gasteiger partial charge in [0.1, 0.15) is 5.75 Å². The van der Waals surface area contributed by atoms with Crippen molar-refractivity contribution in [3.05, 3.63) is 29.8 Å². The van der Waals surface area contributed by atoms with Crippen LogP contribution < -0.4 is 10.1 Å². The molecule has 0 saturated carbocycles. The molecular formula is C16H25NO2. The Labute approximate surface area is 116 Å². The lowest BCUT2D eigenvalue weighted by molar-refractivity contribution is 0.184. The van der Waals surface area contributed by atoms with Crippen molar-refractivity contribution >= 4 is 0 Å². The second-order valence-electron chi connectivity index (χ2n) is 5.15. The molecule has 0 aromatic heterocycles. The van der Waals surface area contributed by atoms with Gasteiger partial charge in [-0.3, -0.25) is 0 Å². The molecular weight excluding hydrogens is 238 g/mol. The number of methoxy groups -OCH3 is 1. The summed E-state index contributed by atoms with van der Waals surface area (Å²) >= 11 is 0. The number of hydrogen-bond acceptors (Lipinski definition) is 3. The summed E-state index contributed by atoms with van der Waals surface area (Å²) in [7, 11) is 1.77. The standard InChI is InChI=1S/C16H25NO2/c1-3-10-17-15(8-6-11-18-2)14-12-19-16-9-5-4-7-13(14)16/h4-5,7,9,14-15,17H,3,6,8,10-12H2,1-2H3. The minimum Gasteiger partial charge on any atom is -0.493 e. The minimum atomic E-state index is 0.472. The zero-order chi connectivity index (χ0) is 13.5. The van der Waals surface area contributed by atoms with E-state index < -0.39 is 0 Å². The third-order valence-corrected chi connectivity index (χ3v) is 3.74. The average Bonchev–Trinajstić information content (AvgIpc) is 2.87. The van der Waals surface area contributed by atoms with Crippen molar-refractivity contribution in [1.29, 1.82) is 0 Å². The van der Waals surface area contributed by atoms with Gasteiger partial charge in [-0.2, -0.15) is 0 Å². The lowest BCUT2D eigenvalue weighted by Gasteiger charge is -2.24. The molecule has 1 N–H and O–H groups in total. The number of fused-ring (bicyclic) bond motifs is 1. The first kappa shape index (κ1) is 14.4. The molecule has 0 bridgehead atoms. The van der Waals surface area contributed by atoms with Crippen LogP contribution in [0.3, 0.4) is 0 Å². The van der Waals surface area contributed by atoms with Crippen LogP contribution in [0.2, 0.25) is 0 Å². The van der Waals surface area contributed by atoms with Gasteiger partial charge in [0.25, 0.3) is 0 Å². The maximum atomic E-state index is 5.81. The van der Waals surface area contributed by atoms with Gasteiger partial charge in [0.15, 0.2) is 0 Å². The number of hydrogen-bond donors (Lipinski definition) is 1. The molecule has 1 aliphatic heterocycles. The molecule has 2 rings (SSSR count). The van der Waals surface area contributed by atoms with Crippen molar-refractivity contribution in [2.24, 2.45) is 0 Å². The van der Waals surface area contributed by atoms with Crippen LogP contribution in [0.5, 0.6) is 5.75 Å². The molecule has 0 amide bonds. The second kappa shape index (κ2) is 7.51. The van der Waals surface area contributed by atoms with Gasteiger partial charge in [-0.1, -0.05) is 25.1 Å². The SMILES string of the molecule is CCCNC(CCCOC)C1COc2ccccc21. The zero-order valence-corrected chi connectivity index (χ0v) is 12.0. The molecule has 1 heterocycles. The Morgan fingerprint density at radius 1 is 1.42 bits per heavy atom. The Morgan fingerprint density at radius 2 is 2.26 bits per heavy atom. The first-order valence-corrected chi connectivity index (χ1v) is 7.30. The van der Waals surface area contributed by atoms with E-state index in [4.69, 9.17) is 9.47 Å². The van der Waals surface area contributed by atoms with Crippen molar-refractivity contribution in [1.82, 2.24) is 5.32 Å². The highest BCUT2D eigenvalue weighted by atomic mass is 16.5. The zero-order valence-electron chi connectivity index (χ0n) is 12.0. The first-order chi connectivity index (χ1) is 9.36. The van der Waals surface area contributed by atoms with Crippen LogP contribution in [0.1, 0.15) is 37.7 Å². The monoisotopic (exact) mass is 263 g/mol. The molecule has 0 aliphatic carbocycles. The number of benzene rings is 1. The van der Waals surface area contributed by atoms with Gasteiger partial charge in [0.05, 0.1) is 6.61 Å². The molecule has 1 aromatic carbocycles. The predicted octanol–water partition coefficient (Wildman–Crippen LogP) is 2.96.